The van der Waals surface area contributed by atoms with Gasteiger partial charge in [-0.3, -0.25) is 4.79 Å². The monoisotopic (exact) mass is 304 g/mol. The number of aromatic nitrogens is 1. The van der Waals surface area contributed by atoms with Gasteiger partial charge in [0.2, 0.25) is 0 Å². The largest absolute Gasteiger partial charge is 0.481 e. The Balaban J connectivity index is 1.61. The third-order valence-electron chi connectivity index (χ3n) is 4.24. The number of thiazole rings is 1. The zero-order valence-electron chi connectivity index (χ0n) is 12.1. The number of nitrogens with one attached hydrogen (secondary N) is 1. The molecule has 1 fully saturated rings. The first-order valence-corrected chi connectivity index (χ1v) is 8.29. The van der Waals surface area contributed by atoms with E-state index in [1.165, 1.54) is 4.70 Å². The van der Waals surface area contributed by atoms with Crippen molar-refractivity contribution in [1.29, 1.82) is 0 Å². The molecular formula is C16H20N2O2S. The number of hydrogen-bond acceptors (Lipinski definition) is 4. The second-order valence-corrected chi connectivity index (χ2v) is 6.86. The first-order chi connectivity index (χ1) is 10.1. The van der Waals surface area contributed by atoms with Crippen LogP contribution in [0, 0.1) is 5.92 Å². The molecule has 0 radical (unpaired) electrons. The molecule has 1 aromatic carbocycles. The number of carboxylic acids is 1. The predicted octanol–water partition coefficient (Wildman–Crippen LogP) is 3.59. The third kappa shape index (κ3) is 3.24. The van der Waals surface area contributed by atoms with Crippen molar-refractivity contribution < 1.29 is 9.90 Å². The van der Waals surface area contributed by atoms with Crippen molar-refractivity contribution in [2.24, 2.45) is 5.92 Å². The molecule has 4 nitrogen and oxygen atoms in total. The average molecular weight is 304 g/mol. The Bertz CT molecular complexity index is 599. The molecule has 0 saturated heterocycles. The Hall–Kier alpha value is -1.46. The topological polar surface area (TPSA) is 62.2 Å². The summed E-state index contributed by atoms with van der Waals surface area (Å²) in [5.41, 5.74) is 1.06. The molecule has 1 unspecified atom stereocenters. The normalized spacial score (nSPS) is 24.0. The Labute approximate surface area is 128 Å². The SMILES string of the molecule is CC(NC1CCC(C(=O)O)CC1)c1nc2ccccc2s1. The summed E-state index contributed by atoms with van der Waals surface area (Å²) in [4.78, 5) is 15.7. The van der Waals surface area contributed by atoms with Gasteiger partial charge in [-0.25, -0.2) is 4.98 Å². The molecule has 2 aromatic rings. The van der Waals surface area contributed by atoms with Crippen molar-refractivity contribution in [2.75, 3.05) is 0 Å². The zero-order valence-corrected chi connectivity index (χ0v) is 12.9. The van der Waals surface area contributed by atoms with E-state index in [2.05, 4.69) is 23.3 Å². The highest BCUT2D eigenvalue weighted by Gasteiger charge is 2.27. The van der Waals surface area contributed by atoms with Crippen LogP contribution >= 0.6 is 11.3 Å². The van der Waals surface area contributed by atoms with Gasteiger partial charge in [0.25, 0.3) is 0 Å². The highest BCUT2D eigenvalue weighted by molar-refractivity contribution is 7.18. The molecule has 0 aliphatic heterocycles. The molecule has 0 amide bonds. The fraction of sp³-hybridized carbons (Fsp3) is 0.500. The van der Waals surface area contributed by atoms with Crippen LogP contribution in [-0.2, 0) is 4.79 Å². The van der Waals surface area contributed by atoms with Crippen molar-refractivity contribution in [3.05, 3.63) is 29.3 Å². The van der Waals surface area contributed by atoms with E-state index in [4.69, 9.17) is 5.11 Å². The Morgan fingerprint density at radius 2 is 2.05 bits per heavy atom. The maximum atomic E-state index is 11.0. The molecule has 1 atom stereocenters. The number of hydrogen-bond donors (Lipinski definition) is 2. The first-order valence-electron chi connectivity index (χ1n) is 7.48. The van der Waals surface area contributed by atoms with Crippen molar-refractivity contribution in [3.8, 4) is 0 Å². The summed E-state index contributed by atoms with van der Waals surface area (Å²) >= 11 is 1.73. The van der Waals surface area contributed by atoms with Crippen LogP contribution in [-0.4, -0.2) is 22.1 Å². The van der Waals surface area contributed by atoms with Crippen molar-refractivity contribution in [2.45, 2.75) is 44.7 Å². The number of aliphatic carboxylic acids is 1. The van der Waals surface area contributed by atoms with Gasteiger partial charge in [-0.2, -0.15) is 0 Å². The molecule has 1 aliphatic carbocycles. The summed E-state index contributed by atoms with van der Waals surface area (Å²) in [5.74, 6) is -0.798. The first kappa shape index (κ1) is 14.5. The molecular weight excluding hydrogens is 284 g/mol. The quantitative estimate of drug-likeness (QED) is 0.906. The van der Waals surface area contributed by atoms with E-state index in [1.54, 1.807) is 11.3 Å². The number of para-hydroxylation sites is 1. The van der Waals surface area contributed by atoms with Gasteiger partial charge in [-0.1, -0.05) is 12.1 Å². The van der Waals surface area contributed by atoms with Crippen LogP contribution in [0.2, 0.25) is 0 Å². The Kier molecular flexibility index (Phi) is 4.22. The Morgan fingerprint density at radius 3 is 2.71 bits per heavy atom. The summed E-state index contributed by atoms with van der Waals surface area (Å²) in [6.07, 6.45) is 3.43. The number of carbonyl (C=O) groups is 1. The van der Waals surface area contributed by atoms with E-state index in [0.29, 0.717) is 6.04 Å². The summed E-state index contributed by atoms with van der Waals surface area (Å²) in [7, 11) is 0. The maximum absolute atomic E-state index is 11.0. The fourth-order valence-electron chi connectivity index (χ4n) is 3.01. The lowest BCUT2D eigenvalue weighted by Gasteiger charge is -2.28. The van der Waals surface area contributed by atoms with E-state index in [9.17, 15) is 4.79 Å². The number of rotatable bonds is 4. The molecule has 0 spiro atoms. The molecule has 1 saturated carbocycles. The van der Waals surface area contributed by atoms with Gasteiger partial charge in [-0.05, 0) is 44.7 Å². The maximum Gasteiger partial charge on any atom is 0.306 e. The zero-order chi connectivity index (χ0) is 14.8. The molecule has 3 rings (SSSR count). The fourth-order valence-corrected chi connectivity index (χ4v) is 3.99. The van der Waals surface area contributed by atoms with E-state index in [1.807, 2.05) is 18.2 Å². The van der Waals surface area contributed by atoms with Crippen molar-refractivity contribution >= 4 is 27.5 Å². The van der Waals surface area contributed by atoms with Crippen LogP contribution in [0.25, 0.3) is 10.2 Å². The smallest absolute Gasteiger partial charge is 0.306 e. The van der Waals surface area contributed by atoms with E-state index >= 15 is 0 Å². The lowest BCUT2D eigenvalue weighted by molar-refractivity contribution is -0.142. The minimum absolute atomic E-state index is 0.152. The van der Waals surface area contributed by atoms with Crippen molar-refractivity contribution in [1.82, 2.24) is 10.3 Å². The van der Waals surface area contributed by atoms with Crippen LogP contribution in [0.1, 0.15) is 43.7 Å². The lowest BCUT2D eigenvalue weighted by atomic mass is 9.86. The van der Waals surface area contributed by atoms with E-state index < -0.39 is 5.97 Å². The molecule has 1 aliphatic rings. The number of benzene rings is 1. The van der Waals surface area contributed by atoms with Gasteiger partial charge in [0.1, 0.15) is 5.01 Å². The van der Waals surface area contributed by atoms with Crippen LogP contribution in [0.3, 0.4) is 0 Å². The van der Waals surface area contributed by atoms with Crippen LogP contribution in [0.5, 0.6) is 0 Å². The molecule has 112 valence electrons. The molecule has 2 N–H and O–H groups in total. The summed E-state index contributed by atoms with van der Waals surface area (Å²) in [6, 6.07) is 8.81. The van der Waals surface area contributed by atoms with Gasteiger partial charge in [0, 0.05) is 6.04 Å². The standard InChI is InChI=1S/C16H20N2O2S/c1-10(15-18-13-4-2-3-5-14(13)21-15)17-12-8-6-11(7-9-12)16(19)20/h2-5,10-12,17H,6-9H2,1H3,(H,19,20). The van der Waals surface area contributed by atoms with E-state index in [0.717, 1.165) is 36.2 Å². The van der Waals surface area contributed by atoms with Gasteiger partial charge < -0.3 is 10.4 Å². The summed E-state index contributed by atoms with van der Waals surface area (Å²) < 4.78 is 1.22. The van der Waals surface area contributed by atoms with Gasteiger partial charge >= 0.3 is 5.97 Å². The second kappa shape index (κ2) is 6.12. The third-order valence-corrected chi connectivity index (χ3v) is 5.46. The van der Waals surface area contributed by atoms with Gasteiger partial charge in [-0.15, -0.1) is 11.3 Å². The van der Waals surface area contributed by atoms with Crippen molar-refractivity contribution in [3.63, 3.8) is 0 Å². The molecule has 1 aromatic heterocycles. The molecule has 0 bridgehead atoms. The molecule has 1 heterocycles. The highest BCUT2D eigenvalue weighted by atomic mass is 32.1. The van der Waals surface area contributed by atoms with Gasteiger partial charge in [0.05, 0.1) is 22.2 Å². The van der Waals surface area contributed by atoms with Crippen LogP contribution in [0.15, 0.2) is 24.3 Å². The predicted molar refractivity (Wildman–Crippen MR) is 84.6 cm³/mol. The minimum Gasteiger partial charge on any atom is -0.481 e. The lowest BCUT2D eigenvalue weighted by Crippen LogP contribution is -2.36. The van der Waals surface area contributed by atoms with Crippen LogP contribution in [0.4, 0.5) is 0 Å². The number of nitrogens with zero attached hydrogens (tertiary/aromatic N) is 1. The minimum atomic E-state index is -0.646. The number of fused-ring (bicyclic) bond motifs is 1. The second-order valence-electron chi connectivity index (χ2n) is 5.79. The highest BCUT2D eigenvalue weighted by Crippen LogP contribution is 2.29. The molecule has 21 heavy (non-hydrogen) atoms. The summed E-state index contributed by atoms with van der Waals surface area (Å²) in [5, 5.41) is 13.8. The summed E-state index contributed by atoms with van der Waals surface area (Å²) in [6.45, 7) is 2.14. The number of carboxylic acid groups (broad SMARTS) is 1. The van der Waals surface area contributed by atoms with Crippen LogP contribution < -0.4 is 5.32 Å². The molecule has 5 heteroatoms. The van der Waals surface area contributed by atoms with E-state index in [-0.39, 0.29) is 12.0 Å². The van der Waals surface area contributed by atoms with Gasteiger partial charge in [0.15, 0.2) is 0 Å². The Morgan fingerprint density at radius 1 is 1.33 bits per heavy atom. The average Bonchev–Trinajstić information content (AvgIpc) is 2.92.